The second-order valence-corrected chi connectivity index (χ2v) is 6.19. The molecule has 6 heteroatoms. The molecule has 1 unspecified atom stereocenters. The highest BCUT2D eigenvalue weighted by Crippen LogP contribution is 2.12. The van der Waals surface area contributed by atoms with Crippen LogP contribution in [0.15, 0.2) is 21.2 Å². The summed E-state index contributed by atoms with van der Waals surface area (Å²) in [6.45, 7) is 8.00. The molecule has 0 aliphatic heterocycles. The van der Waals surface area contributed by atoms with E-state index in [1.54, 1.807) is 11.3 Å². The summed E-state index contributed by atoms with van der Waals surface area (Å²) >= 11 is 1.72. The van der Waals surface area contributed by atoms with Gasteiger partial charge in [0.2, 0.25) is 5.89 Å². The van der Waals surface area contributed by atoms with E-state index >= 15 is 0 Å². The van der Waals surface area contributed by atoms with Gasteiger partial charge in [-0.1, -0.05) is 18.9 Å². The zero-order valence-corrected chi connectivity index (χ0v) is 13.0. The quantitative estimate of drug-likeness (QED) is 0.784. The van der Waals surface area contributed by atoms with Crippen molar-refractivity contribution in [2.24, 2.45) is 5.92 Å². The minimum absolute atomic E-state index is 0.265. The van der Waals surface area contributed by atoms with Gasteiger partial charge < -0.3 is 15.1 Å². The number of hydrogen-bond donors (Lipinski definition) is 2. The predicted octanol–water partition coefficient (Wildman–Crippen LogP) is 2.92. The topological polar surface area (TPSA) is 63.0 Å². The molecule has 0 bridgehead atoms. The van der Waals surface area contributed by atoms with E-state index in [4.69, 9.17) is 4.42 Å². The van der Waals surface area contributed by atoms with E-state index in [-0.39, 0.29) is 6.04 Å². The molecule has 1 atom stereocenters. The molecule has 0 aliphatic rings. The zero-order chi connectivity index (χ0) is 14.4. The average molecular weight is 294 g/mol. The number of thiophene rings is 1. The van der Waals surface area contributed by atoms with Crippen LogP contribution in [0.4, 0.5) is 6.01 Å². The summed E-state index contributed by atoms with van der Waals surface area (Å²) in [6, 6.07) is 2.90. The highest BCUT2D eigenvalue weighted by Gasteiger charge is 2.10. The zero-order valence-electron chi connectivity index (χ0n) is 12.2. The molecule has 110 valence electrons. The van der Waals surface area contributed by atoms with Crippen LogP contribution in [-0.2, 0) is 13.0 Å². The van der Waals surface area contributed by atoms with Gasteiger partial charge in [0, 0.05) is 6.04 Å². The maximum atomic E-state index is 5.56. The van der Waals surface area contributed by atoms with Gasteiger partial charge in [0.1, 0.15) is 0 Å². The number of aromatic nitrogens is 2. The van der Waals surface area contributed by atoms with Crippen molar-refractivity contribution in [3.8, 4) is 0 Å². The fourth-order valence-corrected chi connectivity index (χ4v) is 2.56. The van der Waals surface area contributed by atoms with E-state index in [1.807, 2.05) is 0 Å². The average Bonchev–Trinajstić information content (AvgIpc) is 3.01. The normalized spacial score (nSPS) is 12.8. The molecule has 0 saturated carbocycles. The molecular formula is C14H22N4OS. The van der Waals surface area contributed by atoms with Crippen LogP contribution in [0.2, 0.25) is 0 Å². The maximum Gasteiger partial charge on any atom is 0.315 e. The number of anilines is 1. The van der Waals surface area contributed by atoms with Crippen molar-refractivity contribution < 1.29 is 4.42 Å². The summed E-state index contributed by atoms with van der Waals surface area (Å²) in [5.41, 5.74) is 1.33. The fourth-order valence-electron chi connectivity index (χ4n) is 1.88. The first kappa shape index (κ1) is 15.0. The summed E-state index contributed by atoms with van der Waals surface area (Å²) < 4.78 is 5.56. The fraction of sp³-hybridized carbons (Fsp3) is 0.571. The Bertz CT molecular complexity index is 495. The third-order valence-corrected chi connectivity index (χ3v) is 3.52. The van der Waals surface area contributed by atoms with Gasteiger partial charge in [0.15, 0.2) is 0 Å². The molecule has 5 nitrogen and oxygen atoms in total. The van der Waals surface area contributed by atoms with Crippen LogP contribution >= 0.6 is 11.3 Å². The van der Waals surface area contributed by atoms with Crippen molar-refractivity contribution in [3.63, 3.8) is 0 Å². The van der Waals surface area contributed by atoms with E-state index in [9.17, 15) is 0 Å². The summed E-state index contributed by atoms with van der Waals surface area (Å²) in [4.78, 5) is 0. The first-order chi connectivity index (χ1) is 9.63. The lowest BCUT2D eigenvalue weighted by atomic mass is 10.1. The molecule has 2 rings (SSSR count). The number of rotatable bonds is 8. The van der Waals surface area contributed by atoms with Crippen LogP contribution in [0.25, 0.3) is 0 Å². The molecule has 0 saturated heterocycles. The smallest absolute Gasteiger partial charge is 0.315 e. The van der Waals surface area contributed by atoms with Crippen LogP contribution in [0, 0.1) is 5.92 Å². The van der Waals surface area contributed by atoms with Gasteiger partial charge in [-0.25, -0.2) is 0 Å². The van der Waals surface area contributed by atoms with Crippen molar-refractivity contribution >= 4 is 17.4 Å². The molecule has 2 heterocycles. The second-order valence-electron chi connectivity index (χ2n) is 5.41. The van der Waals surface area contributed by atoms with Gasteiger partial charge in [0.25, 0.3) is 0 Å². The van der Waals surface area contributed by atoms with Crippen LogP contribution in [0.3, 0.4) is 0 Å². The van der Waals surface area contributed by atoms with Gasteiger partial charge in [0.05, 0.1) is 6.54 Å². The molecule has 0 aromatic carbocycles. The van der Waals surface area contributed by atoms with Gasteiger partial charge in [-0.3, -0.25) is 0 Å². The van der Waals surface area contributed by atoms with E-state index in [1.165, 1.54) is 5.56 Å². The minimum atomic E-state index is 0.265. The van der Waals surface area contributed by atoms with Gasteiger partial charge in [-0.2, -0.15) is 11.3 Å². The lowest BCUT2D eigenvalue weighted by molar-refractivity contribution is 0.456. The van der Waals surface area contributed by atoms with Crippen molar-refractivity contribution in [1.82, 2.24) is 15.5 Å². The van der Waals surface area contributed by atoms with Crippen LogP contribution < -0.4 is 10.6 Å². The first-order valence-corrected chi connectivity index (χ1v) is 7.88. The molecule has 20 heavy (non-hydrogen) atoms. The standard InChI is InChI=1S/C14H22N4OS/c1-10(2)7-15-8-13-17-18-14(19-13)16-11(3)6-12-4-5-20-9-12/h4-5,9-11,15H,6-8H2,1-3H3,(H,16,18). The Kier molecular flexibility index (Phi) is 5.55. The molecule has 0 aliphatic carbocycles. The summed E-state index contributed by atoms with van der Waals surface area (Å²) in [5.74, 6) is 1.23. The number of nitrogens with one attached hydrogen (secondary N) is 2. The highest BCUT2D eigenvalue weighted by atomic mass is 32.1. The monoisotopic (exact) mass is 294 g/mol. The molecular weight excluding hydrogens is 272 g/mol. The summed E-state index contributed by atoms with van der Waals surface area (Å²) in [5, 5.41) is 18.8. The van der Waals surface area contributed by atoms with Crippen molar-refractivity contribution in [1.29, 1.82) is 0 Å². The lowest BCUT2D eigenvalue weighted by Gasteiger charge is -2.10. The van der Waals surface area contributed by atoms with Crippen molar-refractivity contribution in [3.05, 3.63) is 28.3 Å². The van der Waals surface area contributed by atoms with E-state index < -0.39 is 0 Å². The number of hydrogen-bond acceptors (Lipinski definition) is 6. The SMILES string of the molecule is CC(C)CNCc1nnc(NC(C)Cc2ccsc2)o1. The Balaban J connectivity index is 1.77. The Morgan fingerprint density at radius 2 is 2.15 bits per heavy atom. The van der Waals surface area contributed by atoms with Gasteiger partial charge in [-0.05, 0) is 48.2 Å². The Morgan fingerprint density at radius 3 is 2.85 bits per heavy atom. The van der Waals surface area contributed by atoms with E-state index in [0.717, 1.165) is 13.0 Å². The van der Waals surface area contributed by atoms with Gasteiger partial charge in [-0.15, -0.1) is 5.10 Å². The van der Waals surface area contributed by atoms with Crippen LogP contribution in [0.5, 0.6) is 0 Å². The van der Waals surface area contributed by atoms with Crippen molar-refractivity contribution in [2.45, 2.75) is 39.8 Å². The maximum absolute atomic E-state index is 5.56. The molecule has 0 spiro atoms. The first-order valence-electron chi connectivity index (χ1n) is 6.94. The third kappa shape index (κ3) is 4.94. The van der Waals surface area contributed by atoms with E-state index in [2.05, 4.69) is 58.4 Å². The Morgan fingerprint density at radius 1 is 1.30 bits per heavy atom. The number of nitrogens with zero attached hydrogens (tertiary/aromatic N) is 2. The van der Waals surface area contributed by atoms with Crippen LogP contribution in [-0.4, -0.2) is 22.8 Å². The lowest BCUT2D eigenvalue weighted by Crippen LogP contribution is -2.19. The Hall–Kier alpha value is -1.40. The van der Waals surface area contributed by atoms with Crippen molar-refractivity contribution in [2.75, 3.05) is 11.9 Å². The molecule has 2 aromatic heterocycles. The second kappa shape index (κ2) is 7.40. The molecule has 0 fully saturated rings. The minimum Gasteiger partial charge on any atom is -0.407 e. The largest absolute Gasteiger partial charge is 0.407 e. The third-order valence-electron chi connectivity index (χ3n) is 2.79. The summed E-state index contributed by atoms with van der Waals surface area (Å²) in [6.07, 6.45) is 0.951. The Labute approximate surface area is 123 Å². The molecule has 0 amide bonds. The molecule has 2 aromatic rings. The highest BCUT2D eigenvalue weighted by molar-refractivity contribution is 7.07. The molecule has 2 N–H and O–H groups in total. The summed E-state index contributed by atoms with van der Waals surface area (Å²) in [7, 11) is 0. The van der Waals surface area contributed by atoms with Gasteiger partial charge >= 0.3 is 6.01 Å². The molecule has 0 radical (unpaired) electrons. The van der Waals surface area contributed by atoms with E-state index in [0.29, 0.717) is 24.4 Å². The van der Waals surface area contributed by atoms with Crippen LogP contribution in [0.1, 0.15) is 32.2 Å². The predicted molar refractivity (Wildman–Crippen MR) is 82.0 cm³/mol.